The molecule has 1 aromatic carbocycles. The number of ether oxygens (including phenoxy) is 2. The Bertz CT molecular complexity index is 455. The molecule has 0 aliphatic carbocycles. The highest BCUT2D eigenvalue weighted by Gasteiger charge is 2.30. The number of carbonyl (C=O) groups is 1. The smallest absolute Gasteiger partial charge is 0.314 e. The third-order valence-electron chi connectivity index (χ3n) is 2.75. The van der Waals surface area contributed by atoms with Crippen LogP contribution in [-0.4, -0.2) is 24.8 Å². The quantitative estimate of drug-likeness (QED) is 0.835. The summed E-state index contributed by atoms with van der Waals surface area (Å²) in [4.78, 5) is 11.5. The Morgan fingerprint density at radius 2 is 2.11 bits per heavy atom. The lowest BCUT2D eigenvalue weighted by molar-refractivity contribution is -0.152. The van der Waals surface area contributed by atoms with Crippen molar-refractivity contribution in [1.82, 2.24) is 0 Å². The lowest BCUT2D eigenvalue weighted by atomic mass is 9.95. The maximum Gasteiger partial charge on any atom is 0.314 e. The summed E-state index contributed by atoms with van der Waals surface area (Å²) in [5.74, 6) is -0.489. The zero-order valence-corrected chi connectivity index (χ0v) is 11.6. The Balaban J connectivity index is 2.86. The second-order valence-corrected chi connectivity index (χ2v) is 5.02. The Hall–Kier alpha value is -1.62. The van der Waals surface area contributed by atoms with Gasteiger partial charge in [0.15, 0.2) is 0 Å². The number of benzene rings is 1. The molecule has 1 rings (SSSR count). The number of carbonyl (C=O) groups excluding carboxylic acids is 1. The molecule has 4 nitrogen and oxygen atoms in total. The predicted octanol–water partition coefficient (Wildman–Crippen LogP) is 2.46. The molecule has 1 N–H and O–H groups in total. The van der Waals surface area contributed by atoms with Gasteiger partial charge >= 0.3 is 5.97 Å². The maximum absolute atomic E-state index is 13.1. The minimum Gasteiger partial charge on any atom is -0.492 e. The predicted molar refractivity (Wildman–Crippen MR) is 68.3 cm³/mol. The van der Waals surface area contributed by atoms with E-state index in [9.17, 15) is 14.3 Å². The molecule has 1 aromatic rings. The van der Waals surface area contributed by atoms with Gasteiger partial charge in [0.25, 0.3) is 0 Å². The van der Waals surface area contributed by atoms with E-state index in [4.69, 9.17) is 4.74 Å². The molecule has 0 heterocycles. The van der Waals surface area contributed by atoms with Crippen molar-refractivity contribution in [3.8, 4) is 5.75 Å². The number of methoxy groups -OCH3 is 1. The van der Waals surface area contributed by atoms with E-state index in [1.807, 2.05) is 0 Å². The van der Waals surface area contributed by atoms with E-state index in [-0.39, 0.29) is 6.61 Å². The Morgan fingerprint density at radius 3 is 2.63 bits per heavy atom. The van der Waals surface area contributed by atoms with E-state index in [1.54, 1.807) is 13.8 Å². The van der Waals surface area contributed by atoms with Gasteiger partial charge in [-0.1, -0.05) is 0 Å². The average molecular weight is 270 g/mol. The molecule has 0 saturated carbocycles. The summed E-state index contributed by atoms with van der Waals surface area (Å²) in [7, 11) is 1.31. The van der Waals surface area contributed by atoms with Crippen molar-refractivity contribution in [2.24, 2.45) is 5.41 Å². The first-order valence-corrected chi connectivity index (χ1v) is 5.96. The molecule has 0 radical (unpaired) electrons. The van der Waals surface area contributed by atoms with Crippen LogP contribution in [0.15, 0.2) is 18.2 Å². The average Bonchev–Trinajstić information content (AvgIpc) is 2.36. The van der Waals surface area contributed by atoms with E-state index < -0.39 is 23.3 Å². The highest BCUT2D eigenvalue weighted by Crippen LogP contribution is 2.28. The topological polar surface area (TPSA) is 55.8 Å². The van der Waals surface area contributed by atoms with E-state index in [1.165, 1.54) is 32.2 Å². The molecular formula is C14H19FO4. The van der Waals surface area contributed by atoms with Gasteiger partial charge in [-0.15, -0.1) is 0 Å². The molecule has 0 aromatic heterocycles. The molecule has 0 amide bonds. The monoisotopic (exact) mass is 270 g/mol. The fraction of sp³-hybridized carbons (Fsp3) is 0.500. The summed E-state index contributed by atoms with van der Waals surface area (Å²) >= 11 is 0. The van der Waals surface area contributed by atoms with Crippen LogP contribution in [0.1, 0.15) is 32.4 Å². The third-order valence-corrected chi connectivity index (χ3v) is 2.75. The fourth-order valence-corrected chi connectivity index (χ4v) is 1.57. The standard InChI is InChI=1S/C14H19FO4/c1-9(16)11-7-10(15)5-6-12(11)19-8-14(2,3)13(17)18-4/h5-7,9,16H,8H2,1-4H3. The molecule has 0 saturated heterocycles. The first kappa shape index (κ1) is 15.4. The third kappa shape index (κ3) is 3.92. The van der Waals surface area contributed by atoms with Gasteiger partial charge < -0.3 is 14.6 Å². The van der Waals surface area contributed by atoms with Crippen molar-refractivity contribution < 1.29 is 23.8 Å². The Labute approximate surface area is 112 Å². The molecule has 0 aliphatic heterocycles. The number of aliphatic hydroxyl groups is 1. The van der Waals surface area contributed by atoms with Crippen molar-refractivity contribution in [1.29, 1.82) is 0 Å². The maximum atomic E-state index is 13.1. The van der Waals surface area contributed by atoms with Crippen LogP contribution >= 0.6 is 0 Å². The molecule has 106 valence electrons. The van der Waals surface area contributed by atoms with Gasteiger partial charge in [0, 0.05) is 5.56 Å². The summed E-state index contributed by atoms with van der Waals surface area (Å²) in [6, 6.07) is 3.89. The van der Waals surface area contributed by atoms with E-state index in [2.05, 4.69) is 4.74 Å². The molecule has 0 spiro atoms. The lowest BCUT2D eigenvalue weighted by Crippen LogP contribution is -2.32. The fourth-order valence-electron chi connectivity index (χ4n) is 1.57. The molecule has 1 unspecified atom stereocenters. The minimum atomic E-state index is -0.855. The highest BCUT2D eigenvalue weighted by molar-refractivity contribution is 5.75. The van der Waals surface area contributed by atoms with Crippen LogP contribution in [0, 0.1) is 11.2 Å². The molecule has 5 heteroatoms. The molecule has 19 heavy (non-hydrogen) atoms. The zero-order chi connectivity index (χ0) is 14.6. The number of esters is 1. The summed E-state index contributed by atoms with van der Waals surface area (Å²) in [6.45, 7) is 4.97. The second-order valence-electron chi connectivity index (χ2n) is 5.02. The number of aliphatic hydroxyl groups excluding tert-OH is 1. The largest absolute Gasteiger partial charge is 0.492 e. The summed E-state index contributed by atoms with van der Waals surface area (Å²) in [6.07, 6.45) is -0.855. The number of hydrogen-bond acceptors (Lipinski definition) is 4. The zero-order valence-electron chi connectivity index (χ0n) is 11.6. The van der Waals surface area contributed by atoms with Crippen LogP contribution in [0.25, 0.3) is 0 Å². The van der Waals surface area contributed by atoms with Crippen molar-refractivity contribution >= 4 is 5.97 Å². The van der Waals surface area contributed by atoms with Crippen molar-refractivity contribution in [3.05, 3.63) is 29.6 Å². The van der Waals surface area contributed by atoms with Gasteiger partial charge in [0.05, 0.1) is 18.6 Å². The van der Waals surface area contributed by atoms with E-state index >= 15 is 0 Å². The first-order chi connectivity index (χ1) is 8.77. The molecule has 0 aliphatic rings. The van der Waals surface area contributed by atoms with Gasteiger partial charge in [-0.3, -0.25) is 4.79 Å². The second kappa shape index (κ2) is 6.02. The molecular weight excluding hydrogens is 251 g/mol. The van der Waals surface area contributed by atoms with E-state index in [0.717, 1.165) is 0 Å². The molecule has 0 bridgehead atoms. The Morgan fingerprint density at radius 1 is 1.47 bits per heavy atom. The van der Waals surface area contributed by atoms with Crippen molar-refractivity contribution in [2.45, 2.75) is 26.9 Å². The summed E-state index contributed by atoms with van der Waals surface area (Å²) in [5, 5.41) is 9.58. The van der Waals surface area contributed by atoms with Crippen molar-refractivity contribution in [3.63, 3.8) is 0 Å². The Kier molecular flexibility index (Phi) is 4.89. The van der Waals surface area contributed by atoms with Gasteiger partial charge in [-0.2, -0.15) is 0 Å². The van der Waals surface area contributed by atoms with Crippen LogP contribution in [0.3, 0.4) is 0 Å². The van der Waals surface area contributed by atoms with Gasteiger partial charge in [-0.05, 0) is 39.0 Å². The number of rotatable bonds is 5. The first-order valence-electron chi connectivity index (χ1n) is 5.96. The summed E-state index contributed by atoms with van der Waals surface area (Å²) < 4.78 is 23.3. The number of halogens is 1. The summed E-state index contributed by atoms with van der Waals surface area (Å²) in [5.41, 5.74) is -0.472. The molecule has 1 atom stereocenters. The van der Waals surface area contributed by atoms with Crippen LogP contribution < -0.4 is 4.74 Å². The van der Waals surface area contributed by atoms with E-state index in [0.29, 0.717) is 11.3 Å². The van der Waals surface area contributed by atoms with Crippen LogP contribution in [-0.2, 0) is 9.53 Å². The van der Waals surface area contributed by atoms with Gasteiger partial charge in [-0.25, -0.2) is 4.39 Å². The highest BCUT2D eigenvalue weighted by atomic mass is 19.1. The SMILES string of the molecule is COC(=O)C(C)(C)COc1ccc(F)cc1C(C)O. The van der Waals surface area contributed by atoms with Gasteiger partial charge in [0.1, 0.15) is 18.2 Å². The minimum absolute atomic E-state index is 0.0744. The molecule has 0 fully saturated rings. The normalized spacial score (nSPS) is 12.9. The van der Waals surface area contributed by atoms with Crippen LogP contribution in [0.4, 0.5) is 4.39 Å². The number of hydrogen-bond donors (Lipinski definition) is 1. The van der Waals surface area contributed by atoms with Crippen molar-refractivity contribution in [2.75, 3.05) is 13.7 Å². The lowest BCUT2D eigenvalue weighted by Gasteiger charge is -2.23. The van der Waals surface area contributed by atoms with Crippen LogP contribution in [0.5, 0.6) is 5.75 Å². The van der Waals surface area contributed by atoms with Gasteiger partial charge in [0.2, 0.25) is 0 Å². The van der Waals surface area contributed by atoms with Crippen LogP contribution in [0.2, 0.25) is 0 Å².